The number of benzene rings is 5. The minimum atomic E-state index is -3.37. The first-order valence-corrected chi connectivity index (χ1v) is 30.8. The van der Waals surface area contributed by atoms with Crippen LogP contribution in [0.1, 0.15) is 212 Å². The van der Waals surface area contributed by atoms with Crippen molar-refractivity contribution < 1.29 is 53.0 Å². The van der Waals surface area contributed by atoms with E-state index < -0.39 is 63.3 Å². The Labute approximate surface area is 576 Å². The van der Waals surface area contributed by atoms with Gasteiger partial charge in [-0.2, -0.15) is 0 Å². The molecule has 0 aliphatic rings. The summed E-state index contributed by atoms with van der Waals surface area (Å²) in [6, 6.07) is 47.9. The van der Waals surface area contributed by atoms with E-state index in [9.17, 15) is 0 Å². The summed E-state index contributed by atoms with van der Waals surface area (Å²) in [4.78, 5) is 0. The van der Waals surface area contributed by atoms with Gasteiger partial charge in [-0.05, 0) is 185 Å². The number of aryl methyl sites for hydroxylation is 7. The van der Waals surface area contributed by atoms with E-state index in [0.717, 1.165) is 57.0 Å². The monoisotopic (exact) mass is 1220 g/mol. The number of hydrogen-bond acceptors (Lipinski definition) is 0. The minimum Gasteiger partial charge on any atom is -0.201 e. The quantitative estimate of drug-likeness (QED) is 0.122. The summed E-state index contributed by atoms with van der Waals surface area (Å²) in [5, 5.41) is 0. The van der Waals surface area contributed by atoms with Crippen molar-refractivity contribution in [3.8, 4) is 56.3 Å². The maximum Gasteiger partial charge on any atom is 0.212 e. The van der Waals surface area contributed by atoms with Gasteiger partial charge in [-0.1, -0.05) is 159 Å². The minimum absolute atomic E-state index is 0.0686. The molecule has 0 saturated carbocycles. The number of nitrogens with zero attached hydrogens (tertiary/aromatic N) is 5. The maximum absolute atomic E-state index is 8.50. The van der Waals surface area contributed by atoms with Gasteiger partial charge >= 0.3 is 0 Å². The number of rotatable bonds is 10. The predicted octanol–water partition coefficient (Wildman–Crippen LogP) is 19.6. The number of pyridine rings is 5. The van der Waals surface area contributed by atoms with E-state index in [2.05, 4.69) is 155 Å². The Hall–Kier alpha value is -8.15. The molecule has 90 heavy (non-hydrogen) atoms. The van der Waals surface area contributed by atoms with E-state index in [1.807, 2.05) is 79.9 Å². The van der Waals surface area contributed by atoms with Crippen LogP contribution in [0.15, 0.2) is 183 Å². The van der Waals surface area contributed by atoms with Crippen molar-refractivity contribution in [2.75, 3.05) is 0 Å². The van der Waals surface area contributed by atoms with Crippen LogP contribution in [0.25, 0.3) is 56.3 Å². The van der Waals surface area contributed by atoms with Gasteiger partial charge in [0, 0.05) is 110 Å². The van der Waals surface area contributed by atoms with Crippen LogP contribution in [-0.2, 0) is 35.2 Å². The molecule has 0 amide bonds. The molecule has 5 heteroatoms. The standard InChI is InChI=1S/C18H24N.3C17H22N.C16H20N/c1-12(2)17-10-18(19(6)11-15(17)5)16-8-7-13(3)9-14(16)4;1-12(2)15-8-9-18(5)17(11-15)16-7-6-13(3)10-14(16)4;2*1-12(2)16-10-17(18(5)11-14(16)4)15-9-7-6-8-13(15)3;1-12(2)14-9-10-17(4)16(11-14)15-8-6-5-7-13(15)3/h7-12H,1-6H3;3*6-12H,1-5H3;5-12H,1-4H3/q5*+1/i11D;9D;1D3,2D3,4D3,11D,12D;11D;1D3,2D3,10D,12D. The average molecular weight is 1220 g/mol. The summed E-state index contributed by atoms with van der Waals surface area (Å²) >= 11 is 0. The molecule has 0 fully saturated rings. The molecule has 0 aliphatic carbocycles. The highest BCUT2D eigenvalue weighted by Crippen LogP contribution is 2.30. The lowest BCUT2D eigenvalue weighted by Crippen LogP contribution is -2.32. The summed E-state index contributed by atoms with van der Waals surface area (Å²) in [7, 11) is 9.00. The Kier molecular flexibility index (Phi) is 16.1. The molecule has 10 aromatic rings. The molecule has 5 aromatic carbocycles. The van der Waals surface area contributed by atoms with Crippen molar-refractivity contribution in [1.82, 2.24) is 0 Å². The molecule has 0 spiro atoms. The van der Waals surface area contributed by atoms with Gasteiger partial charge in [0.25, 0.3) is 0 Å². The number of aromatic nitrogens is 5. The zero-order valence-electron chi connectivity index (χ0n) is 78.9. The lowest BCUT2D eigenvalue weighted by molar-refractivity contribution is -0.660. The fourth-order valence-electron chi connectivity index (χ4n) is 11.1. The van der Waals surface area contributed by atoms with Gasteiger partial charge in [0.05, 0.1) is 0 Å². The zero-order valence-corrected chi connectivity index (χ0v) is 56.9. The highest BCUT2D eigenvalue weighted by atomic mass is 14.9. The summed E-state index contributed by atoms with van der Waals surface area (Å²) in [6.45, 7) is 15.5. The van der Waals surface area contributed by atoms with E-state index in [1.165, 1.54) is 83.4 Å². The Bertz CT molecular complexity index is 5030. The summed E-state index contributed by atoms with van der Waals surface area (Å²) in [5.41, 5.74) is 21.3. The van der Waals surface area contributed by atoms with Crippen molar-refractivity contribution in [3.63, 3.8) is 0 Å². The van der Waals surface area contributed by atoms with Crippen LogP contribution in [0.5, 0.6) is 0 Å². The largest absolute Gasteiger partial charge is 0.212 e. The Morgan fingerprint density at radius 1 is 0.311 bits per heavy atom. The van der Waals surface area contributed by atoms with Gasteiger partial charge in [0.1, 0.15) is 42.1 Å². The van der Waals surface area contributed by atoms with E-state index >= 15 is 0 Å². The molecule has 0 N–H and O–H groups in total. The second-order valence-corrected chi connectivity index (χ2v) is 24.5. The molecule has 5 aromatic heterocycles. The summed E-state index contributed by atoms with van der Waals surface area (Å²) < 4.78 is 183. The molecular formula is C85H110N5+5. The number of hydrogen-bond donors (Lipinski definition) is 0. The predicted molar refractivity (Wildman–Crippen MR) is 383 cm³/mol. The molecule has 5 nitrogen and oxygen atoms in total. The second-order valence-electron chi connectivity index (χ2n) is 24.5. The third kappa shape index (κ3) is 18.3. The summed E-state index contributed by atoms with van der Waals surface area (Å²) in [5.74, 6) is -4.74. The molecule has 0 bridgehead atoms. The van der Waals surface area contributed by atoms with Gasteiger partial charge in [0.15, 0.2) is 30.9 Å². The van der Waals surface area contributed by atoms with Crippen molar-refractivity contribution in [1.29, 1.82) is 0 Å². The van der Waals surface area contributed by atoms with Crippen LogP contribution in [0.4, 0.5) is 0 Å². The fraction of sp³-hybridized carbons (Fsp3) is 0.353. The van der Waals surface area contributed by atoms with E-state index in [1.54, 1.807) is 44.3 Å². The first-order valence-electron chi connectivity index (χ1n) is 41.8. The molecule has 5 heterocycles. The summed E-state index contributed by atoms with van der Waals surface area (Å²) in [6.07, 6.45) is 1.13. The average Bonchev–Trinajstić information content (AvgIpc) is 0.710. The van der Waals surface area contributed by atoms with Crippen molar-refractivity contribution >= 4 is 0 Å². The molecule has 0 aliphatic heterocycles. The van der Waals surface area contributed by atoms with Gasteiger partial charge in [-0.15, -0.1) is 0 Å². The van der Waals surface area contributed by atoms with Gasteiger partial charge in [-0.25, -0.2) is 22.8 Å². The van der Waals surface area contributed by atoms with E-state index in [0.29, 0.717) is 47.5 Å². The van der Waals surface area contributed by atoms with Crippen LogP contribution in [0, 0.1) is 69.2 Å². The highest BCUT2D eigenvalue weighted by Gasteiger charge is 2.21. The third-order valence-electron chi connectivity index (χ3n) is 16.2. The molecule has 0 unspecified atom stereocenters. The van der Waals surface area contributed by atoms with Crippen molar-refractivity contribution in [3.05, 3.63) is 266 Å². The van der Waals surface area contributed by atoms with E-state index in [-0.39, 0.29) is 17.4 Å². The highest BCUT2D eigenvalue weighted by molar-refractivity contribution is 5.66. The molecule has 470 valence electrons. The third-order valence-corrected chi connectivity index (χ3v) is 16.2. The van der Waals surface area contributed by atoms with E-state index in [4.69, 9.17) is 30.2 Å². The lowest BCUT2D eigenvalue weighted by atomic mass is 9.95. The SMILES string of the molecule is [2H]c1c(C([2H])([2H])[2H])c(C([2H])(C([2H])([2H])[2H])C([2H])([2H])[2H])cc(-c2ccccc2C)[n+]1C.[2H]c1c(C)c(C(C)C)cc(-c2ccc(C)cc2C)[n+]1C.[2H]c1c(C)c(C(C)C)cc(-c2ccccc2C)[n+]1C.[2H]c1cc(C(C)C)cc(-c2ccc(C)cc2C)[n+]1C.[2H]c1cc(C([2H])(C([2H])([2H])[2H])C([2H])([2H])[2H])cc(-c2ccccc2C)[n+]1C. The molecule has 0 atom stereocenters. The Morgan fingerprint density at radius 2 is 0.644 bits per heavy atom. The van der Waals surface area contributed by atoms with Crippen LogP contribution in [-0.4, -0.2) is 0 Å². The normalized spacial score (nSPS) is 15.5. The first kappa shape index (κ1) is 45.2. The first-order chi connectivity index (χ1) is 51.4. The Morgan fingerprint density at radius 3 is 0.989 bits per heavy atom. The smallest absolute Gasteiger partial charge is 0.201 e. The molecule has 0 saturated heterocycles. The van der Waals surface area contributed by atoms with Crippen molar-refractivity contribution in [2.24, 2.45) is 35.2 Å². The molecular weight excluding hydrogens is 1090 g/mol. The van der Waals surface area contributed by atoms with Crippen molar-refractivity contribution in [2.45, 2.75) is 168 Å². The van der Waals surface area contributed by atoms with Crippen LogP contribution >= 0.6 is 0 Å². The molecule has 10 rings (SSSR count). The fourth-order valence-corrected chi connectivity index (χ4v) is 11.1. The zero-order chi connectivity index (χ0) is 85.1. The lowest BCUT2D eigenvalue weighted by Gasteiger charge is -2.12. The van der Waals surface area contributed by atoms with Gasteiger partial charge in [-0.3, -0.25) is 0 Å². The van der Waals surface area contributed by atoms with Crippen LogP contribution < -0.4 is 22.8 Å². The Balaban J connectivity index is 0.000000220. The topological polar surface area (TPSA) is 19.4 Å². The van der Waals surface area contributed by atoms with Crippen LogP contribution in [0.2, 0.25) is 0 Å². The maximum atomic E-state index is 8.50. The van der Waals surface area contributed by atoms with Gasteiger partial charge < -0.3 is 0 Å². The van der Waals surface area contributed by atoms with Crippen LogP contribution in [0.3, 0.4) is 0 Å². The van der Waals surface area contributed by atoms with Gasteiger partial charge in [0.2, 0.25) is 28.5 Å². The molecule has 0 radical (unpaired) electrons. The second kappa shape index (κ2) is 32.0.